The number of nitrogens with one attached hydrogen (secondary N) is 2. The van der Waals surface area contributed by atoms with Crippen LogP contribution < -0.4 is 5.32 Å². The molecule has 1 aromatic carbocycles. The Balaban J connectivity index is 2.08. The molecule has 1 aromatic heterocycles. The summed E-state index contributed by atoms with van der Waals surface area (Å²) in [5.74, 6) is -0.410. The summed E-state index contributed by atoms with van der Waals surface area (Å²) in [6.07, 6.45) is 1.51. The highest BCUT2D eigenvalue weighted by Gasteiger charge is 2.10. The van der Waals surface area contributed by atoms with Gasteiger partial charge in [-0.05, 0) is 30.7 Å². The number of aromatic amines is 1. The lowest BCUT2D eigenvalue weighted by Gasteiger charge is -2.04. The first-order valence-electron chi connectivity index (χ1n) is 5.80. The summed E-state index contributed by atoms with van der Waals surface area (Å²) < 4.78 is 0. The number of carbonyl (C=O) groups is 2. The van der Waals surface area contributed by atoms with Crippen LogP contribution in [0.3, 0.4) is 0 Å². The van der Waals surface area contributed by atoms with E-state index in [1.165, 1.54) is 19.2 Å². The Morgan fingerprint density at radius 1 is 1.26 bits per heavy atom. The third kappa shape index (κ3) is 3.08. The number of Topliss-reactive ketones (excluding diaryl/α,β-unsaturated/α-hetero) is 1. The maximum absolute atomic E-state index is 11.9. The van der Waals surface area contributed by atoms with Crippen LogP contribution in [0.15, 0.2) is 36.5 Å². The monoisotopic (exact) mass is 258 g/mol. The van der Waals surface area contributed by atoms with Gasteiger partial charge in [0.1, 0.15) is 5.69 Å². The van der Waals surface area contributed by atoms with Gasteiger partial charge in [-0.2, -0.15) is 0 Å². The molecular formula is C14H14N2O3. The van der Waals surface area contributed by atoms with E-state index in [4.69, 9.17) is 5.11 Å². The molecule has 0 fully saturated rings. The molecule has 1 amide bonds. The van der Waals surface area contributed by atoms with Crippen LogP contribution in [0, 0.1) is 0 Å². The Morgan fingerprint density at radius 2 is 1.95 bits per heavy atom. The lowest BCUT2D eigenvalue weighted by atomic mass is 10.2. The summed E-state index contributed by atoms with van der Waals surface area (Å²) in [4.78, 5) is 25.8. The number of aliphatic hydroxyl groups excluding tert-OH is 1. The third-order valence-electron chi connectivity index (χ3n) is 2.73. The molecule has 2 rings (SSSR count). The minimum Gasteiger partial charge on any atom is -0.392 e. The SMILES string of the molecule is CC(=O)c1c[nH]c(C(=O)Nc2ccc(CO)cc2)c1. The number of anilines is 1. The van der Waals surface area contributed by atoms with E-state index in [-0.39, 0.29) is 18.3 Å². The predicted octanol–water partition coefficient (Wildman–Crippen LogP) is 1.96. The van der Waals surface area contributed by atoms with Gasteiger partial charge in [0.05, 0.1) is 6.61 Å². The zero-order valence-corrected chi connectivity index (χ0v) is 10.4. The van der Waals surface area contributed by atoms with Gasteiger partial charge in [0.15, 0.2) is 5.78 Å². The van der Waals surface area contributed by atoms with Crippen molar-refractivity contribution in [2.24, 2.45) is 0 Å². The molecule has 0 bridgehead atoms. The van der Waals surface area contributed by atoms with Crippen molar-refractivity contribution in [2.45, 2.75) is 13.5 Å². The number of amides is 1. The summed E-state index contributed by atoms with van der Waals surface area (Å²) >= 11 is 0. The normalized spacial score (nSPS) is 10.2. The van der Waals surface area contributed by atoms with Gasteiger partial charge < -0.3 is 15.4 Å². The first kappa shape index (κ1) is 13.0. The summed E-state index contributed by atoms with van der Waals surface area (Å²) in [5.41, 5.74) is 2.20. The van der Waals surface area contributed by atoms with Crippen LogP contribution in [0.25, 0.3) is 0 Å². The molecule has 1 heterocycles. The molecule has 0 unspecified atom stereocenters. The van der Waals surface area contributed by atoms with Crippen molar-refractivity contribution in [1.29, 1.82) is 0 Å². The summed E-state index contributed by atoms with van der Waals surface area (Å²) in [7, 11) is 0. The lowest BCUT2D eigenvalue weighted by molar-refractivity contribution is 0.101. The van der Waals surface area contributed by atoms with E-state index < -0.39 is 0 Å². The summed E-state index contributed by atoms with van der Waals surface area (Å²) in [5, 5.41) is 11.6. The molecule has 0 aliphatic rings. The molecule has 98 valence electrons. The number of ketones is 1. The fourth-order valence-corrected chi connectivity index (χ4v) is 1.62. The second-order valence-corrected chi connectivity index (χ2v) is 4.17. The highest BCUT2D eigenvalue weighted by Crippen LogP contribution is 2.12. The number of hydrogen-bond donors (Lipinski definition) is 3. The average Bonchev–Trinajstić information content (AvgIpc) is 2.89. The van der Waals surface area contributed by atoms with Gasteiger partial charge in [-0.25, -0.2) is 0 Å². The number of hydrogen-bond acceptors (Lipinski definition) is 3. The van der Waals surface area contributed by atoms with Gasteiger partial charge in [0.25, 0.3) is 5.91 Å². The Bertz CT molecular complexity index is 599. The quantitative estimate of drug-likeness (QED) is 0.733. The molecule has 0 spiro atoms. The number of benzene rings is 1. The molecule has 3 N–H and O–H groups in total. The van der Waals surface area contributed by atoms with Gasteiger partial charge in [-0.3, -0.25) is 9.59 Å². The number of H-pyrrole nitrogens is 1. The van der Waals surface area contributed by atoms with Crippen molar-refractivity contribution in [3.63, 3.8) is 0 Å². The third-order valence-corrected chi connectivity index (χ3v) is 2.73. The van der Waals surface area contributed by atoms with E-state index >= 15 is 0 Å². The van der Waals surface area contributed by atoms with Crippen LogP contribution in [0.1, 0.15) is 33.3 Å². The van der Waals surface area contributed by atoms with E-state index in [0.29, 0.717) is 16.9 Å². The van der Waals surface area contributed by atoms with Gasteiger partial charge in [0, 0.05) is 17.4 Å². The van der Waals surface area contributed by atoms with E-state index in [1.807, 2.05) is 0 Å². The maximum Gasteiger partial charge on any atom is 0.272 e. The highest BCUT2D eigenvalue weighted by molar-refractivity contribution is 6.05. The van der Waals surface area contributed by atoms with Crippen LogP contribution in [-0.4, -0.2) is 21.8 Å². The molecular weight excluding hydrogens is 244 g/mol. The van der Waals surface area contributed by atoms with Crippen LogP contribution in [0.2, 0.25) is 0 Å². The van der Waals surface area contributed by atoms with E-state index in [0.717, 1.165) is 5.56 Å². The average molecular weight is 258 g/mol. The zero-order chi connectivity index (χ0) is 13.8. The number of aromatic nitrogens is 1. The molecule has 0 aliphatic carbocycles. The largest absolute Gasteiger partial charge is 0.392 e. The molecule has 0 aliphatic heterocycles. The van der Waals surface area contributed by atoms with Crippen molar-refractivity contribution >= 4 is 17.4 Å². The van der Waals surface area contributed by atoms with E-state index in [2.05, 4.69) is 10.3 Å². The molecule has 0 saturated carbocycles. The molecule has 5 nitrogen and oxygen atoms in total. The second-order valence-electron chi connectivity index (χ2n) is 4.17. The number of aliphatic hydroxyl groups is 1. The predicted molar refractivity (Wildman–Crippen MR) is 71.1 cm³/mol. The molecule has 5 heteroatoms. The van der Waals surface area contributed by atoms with E-state index in [9.17, 15) is 9.59 Å². The smallest absolute Gasteiger partial charge is 0.272 e. The second kappa shape index (κ2) is 5.49. The summed E-state index contributed by atoms with van der Waals surface area (Å²) in [6.45, 7) is 1.41. The molecule has 2 aromatic rings. The van der Waals surface area contributed by atoms with Gasteiger partial charge in [-0.1, -0.05) is 12.1 Å². The minimum atomic E-state index is -0.316. The lowest BCUT2D eigenvalue weighted by Crippen LogP contribution is -2.12. The first-order chi connectivity index (χ1) is 9.10. The Kier molecular flexibility index (Phi) is 3.77. The molecule has 0 saturated heterocycles. The fourth-order valence-electron chi connectivity index (χ4n) is 1.62. The van der Waals surface area contributed by atoms with Gasteiger partial charge in [-0.15, -0.1) is 0 Å². The molecule has 0 radical (unpaired) electrons. The van der Waals surface area contributed by atoms with Crippen molar-refractivity contribution in [3.05, 3.63) is 53.3 Å². The maximum atomic E-state index is 11.9. The molecule has 19 heavy (non-hydrogen) atoms. The standard InChI is InChI=1S/C14H14N2O3/c1-9(18)11-6-13(15-7-11)14(19)16-12-4-2-10(8-17)3-5-12/h2-7,15,17H,8H2,1H3,(H,16,19). The van der Waals surface area contributed by atoms with Crippen LogP contribution >= 0.6 is 0 Å². The van der Waals surface area contributed by atoms with Gasteiger partial charge >= 0.3 is 0 Å². The Morgan fingerprint density at radius 3 is 2.47 bits per heavy atom. The topological polar surface area (TPSA) is 82.2 Å². The Labute approximate surface area is 110 Å². The number of rotatable bonds is 4. The van der Waals surface area contributed by atoms with Gasteiger partial charge in [0.2, 0.25) is 0 Å². The molecule has 0 atom stereocenters. The van der Waals surface area contributed by atoms with Crippen LogP contribution in [-0.2, 0) is 6.61 Å². The van der Waals surface area contributed by atoms with Crippen LogP contribution in [0.5, 0.6) is 0 Å². The highest BCUT2D eigenvalue weighted by atomic mass is 16.3. The van der Waals surface area contributed by atoms with Crippen molar-refractivity contribution in [1.82, 2.24) is 4.98 Å². The summed E-state index contributed by atoms with van der Waals surface area (Å²) in [6, 6.07) is 8.38. The number of carbonyl (C=O) groups excluding carboxylic acids is 2. The van der Waals surface area contributed by atoms with Crippen molar-refractivity contribution in [3.8, 4) is 0 Å². The Hall–Kier alpha value is -2.40. The zero-order valence-electron chi connectivity index (χ0n) is 10.4. The first-order valence-corrected chi connectivity index (χ1v) is 5.80. The van der Waals surface area contributed by atoms with Crippen molar-refractivity contribution in [2.75, 3.05) is 5.32 Å². The minimum absolute atomic E-state index is 0.0349. The van der Waals surface area contributed by atoms with Crippen LogP contribution in [0.4, 0.5) is 5.69 Å². The van der Waals surface area contributed by atoms with E-state index in [1.54, 1.807) is 24.3 Å². The van der Waals surface area contributed by atoms with Crippen molar-refractivity contribution < 1.29 is 14.7 Å². The fraction of sp³-hybridized carbons (Fsp3) is 0.143.